The lowest BCUT2D eigenvalue weighted by Crippen LogP contribution is -2.77. The standard InChI is InChI=1S/C9H4F14INO/c10-3(11,1-4(12,13)24)2-5(14,15)25-6(16,17)8(20,21)26-9(22,23)7(25,18)19/h1-2H2. The van der Waals surface area contributed by atoms with E-state index in [0.717, 1.165) is 0 Å². The maximum absolute atomic E-state index is 13.6. The van der Waals surface area contributed by atoms with Crippen molar-refractivity contribution in [1.29, 1.82) is 0 Å². The van der Waals surface area contributed by atoms with Gasteiger partial charge in [0.2, 0.25) is 0 Å². The lowest BCUT2D eigenvalue weighted by Gasteiger charge is -2.49. The molecule has 1 aliphatic heterocycles. The number of halogens is 15. The third kappa shape index (κ3) is 4.22. The van der Waals surface area contributed by atoms with Gasteiger partial charge in [0.1, 0.15) is 0 Å². The molecule has 17 heteroatoms. The van der Waals surface area contributed by atoms with Gasteiger partial charge in [-0.25, -0.2) is 13.5 Å². The smallest absolute Gasteiger partial charge is 0.243 e. The largest absolute Gasteiger partial charge is 0.439 e. The number of morpholine rings is 1. The molecule has 1 aliphatic rings. The van der Waals surface area contributed by atoms with Crippen molar-refractivity contribution < 1.29 is 66.2 Å². The van der Waals surface area contributed by atoms with Crippen LogP contribution in [0.3, 0.4) is 0 Å². The van der Waals surface area contributed by atoms with Crippen molar-refractivity contribution in [2.24, 2.45) is 0 Å². The van der Waals surface area contributed by atoms with E-state index in [1.165, 1.54) is 0 Å². The number of hydrogen-bond donors (Lipinski definition) is 0. The average molecular weight is 535 g/mol. The minimum absolute atomic E-state index is 0.00441. The topological polar surface area (TPSA) is 12.5 Å². The summed E-state index contributed by atoms with van der Waals surface area (Å²) in [5, 5.41) is 0. The Morgan fingerprint density at radius 1 is 0.692 bits per heavy atom. The van der Waals surface area contributed by atoms with Crippen LogP contribution >= 0.6 is 22.6 Å². The van der Waals surface area contributed by atoms with E-state index in [1.807, 2.05) is 4.74 Å². The third-order valence-corrected chi connectivity index (χ3v) is 3.16. The molecule has 0 aromatic rings. The Kier molecular flexibility index (Phi) is 5.55. The van der Waals surface area contributed by atoms with Crippen LogP contribution in [0.2, 0.25) is 0 Å². The number of hydrogen-bond acceptors (Lipinski definition) is 2. The second-order valence-electron chi connectivity index (χ2n) is 5.04. The molecular weight excluding hydrogens is 531 g/mol. The minimum Gasteiger partial charge on any atom is -0.243 e. The molecule has 0 saturated carbocycles. The maximum Gasteiger partial charge on any atom is 0.439 e. The van der Waals surface area contributed by atoms with Crippen LogP contribution in [-0.4, -0.2) is 45.1 Å². The fourth-order valence-electron chi connectivity index (χ4n) is 1.88. The zero-order chi connectivity index (χ0) is 21.2. The summed E-state index contributed by atoms with van der Waals surface area (Å²) < 4.78 is 180. The summed E-state index contributed by atoms with van der Waals surface area (Å²) >= 11 is 0.00441. The van der Waals surface area contributed by atoms with Crippen LogP contribution in [0, 0.1) is 0 Å². The molecule has 0 aromatic heterocycles. The Morgan fingerprint density at radius 3 is 1.35 bits per heavy atom. The van der Waals surface area contributed by atoms with Gasteiger partial charge in [-0.05, 0) is 22.6 Å². The first kappa shape index (κ1) is 23.7. The Morgan fingerprint density at radius 2 is 1.04 bits per heavy atom. The third-order valence-electron chi connectivity index (χ3n) is 2.78. The molecule has 0 aliphatic carbocycles. The molecule has 0 N–H and O–H groups in total. The molecule has 0 spiro atoms. The summed E-state index contributed by atoms with van der Waals surface area (Å²) in [7, 11) is 0. The van der Waals surface area contributed by atoms with Gasteiger partial charge in [0.15, 0.2) is 0 Å². The Labute approximate surface area is 147 Å². The van der Waals surface area contributed by atoms with E-state index in [0.29, 0.717) is 0 Å². The molecule has 26 heavy (non-hydrogen) atoms. The highest BCUT2D eigenvalue weighted by molar-refractivity contribution is 14.1. The predicted octanol–water partition coefficient (Wildman–Crippen LogP) is 5.73. The first-order valence-corrected chi connectivity index (χ1v) is 6.91. The van der Waals surface area contributed by atoms with Crippen LogP contribution in [0.4, 0.5) is 61.5 Å². The first-order valence-electron chi connectivity index (χ1n) is 5.83. The summed E-state index contributed by atoms with van der Waals surface area (Å²) in [5.74, 6) is -5.39. The van der Waals surface area contributed by atoms with E-state index < -0.39 is 57.9 Å². The van der Waals surface area contributed by atoms with E-state index >= 15 is 0 Å². The highest BCUT2D eigenvalue weighted by atomic mass is 127. The van der Waals surface area contributed by atoms with Crippen LogP contribution in [0.1, 0.15) is 12.8 Å². The van der Waals surface area contributed by atoms with E-state index in [-0.39, 0.29) is 22.6 Å². The lowest BCUT2D eigenvalue weighted by molar-refractivity contribution is -0.586. The average Bonchev–Trinajstić information content (AvgIpc) is 2.17. The summed E-state index contributed by atoms with van der Waals surface area (Å²) in [6.45, 7) is 0. The van der Waals surface area contributed by atoms with Crippen molar-refractivity contribution >= 4 is 22.6 Å². The Hall–Kier alpha value is -0.330. The molecule has 1 rings (SSSR count). The van der Waals surface area contributed by atoms with Crippen LogP contribution in [0.15, 0.2) is 0 Å². The Bertz CT molecular complexity index is 517. The number of alkyl halides is 15. The van der Waals surface area contributed by atoms with Crippen molar-refractivity contribution in [2.75, 3.05) is 0 Å². The second kappa shape index (κ2) is 6.08. The number of ether oxygens (including phenoxy) is 1. The van der Waals surface area contributed by atoms with Crippen molar-refractivity contribution in [1.82, 2.24) is 4.90 Å². The SMILES string of the molecule is FC(F)(I)CC(F)(F)CC(F)(F)N1C(F)(F)C(F)(F)OC(F)(F)C1(F)F. The molecule has 0 atom stereocenters. The molecular formula is C9H4F14INO. The molecule has 1 saturated heterocycles. The lowest BCUT2D eigenvalue weighted by atomic mass is 10.1. The molecule has 156 valence electrons. The molecule has 2 nitrogen and oxygen atoms in total. The van der Waals surface area contributed by atoms with E-state index in [1.54, 1.807) is 0 Å². The van der Waals surface area contributed by atoms with Gasteiger partial charge in [-0.3, -0.25) is 0 Å². The highest BCUT2D eigenvalue weighted by Gasteiger charge is 2.87. The molecule has 0 aromatic carbocycles. The van der Waals surface area contributed by atoms with Gasteiger partial charge in [-0.1, -0.05) is 0 Å². The molecule has 0 bridgehead atoms. The first-order chi connectivity index (χ1) is 11.0. The van der Waals surface area contributed by atoms with Gasteiger partial charge in [-0.2, -0.15) is 52.7 Å². The van der Waals surface area contributed by atoms with Crippen LogP contribution < -0.4 is 0 Å². The summed E-state index contributed by atoms with van der Waals surface area (Å²) in [4.78, 5) is -3.45. The number of rotatable bonds is 5. The summed E-state index contributed by atoms with van der Waals surface area (Å²) in [6, 6.07) is -20.3. The van der Waals surface area contributed by atoms with Gasteiger partial charge < -0.3 is 0 Å². The van der Waals surface area contributed by atoms with Crippen LogP contribution in [-0.2, 0) is 4.74 Å². The summed E-state index contributed by atoms with van der Waals surface area (Å²) in [5.41, 5.74) is 0. The quantitative estimate of drug-likeness (QED) is 0.193. The predicted molar refractivity (Wildman–Crippen MR) is 60.8 cm³/mol. The highest BCUT2D eigenvalue weighted by Crippen LogP contribution is 2.60. The van der Waals surface area contributed by atoms with Crippen molar-refractivity contribution in [2.45, 2.75) is 53.1 Å². The zero-order valence-corrected chi connectivity index (χ0v) is 13.6. The van der Waals surface area contributed by atoms with Crippen molar-refractivity contribution in [3.05, 3.63) is 0 Å². The molecule has 0 unspecified atom stereocenters. The minimum atomic E-state index is -6.91. The van der Waals surface area contributed by atoms with E-state index in [9.17, 15) is 61.5 Å². The van der Waals surface area contributed by atoms with Gasteiger partial charge >= 0.3 is 34.3 Å². The van der Waals surface area contributed by atoms with Crippen LogP contribution in [0.5, 0.6) is 0 Å². The molecule has 0 radical (unpaired) electrons. The van der Waals surface area contributed by atoms with E-state index in [2.05, 4.69) is 0 Å². The molecule has 0 amide bonds. The van der Waals surface area contributed by atoms with Crippen molar-refractivity contribution in [3.63, 3.8) is 0 Å². The normalized spacial score (nSPS) is 26.0. The fourth-order valence-corrected chi connectivity index (χ4v) is 2.44. The molecule has 1 heterocycles. The number of nitrogens with zero attached hydrogens (tertiary/aromatic N) is 1. The van der Waals surface area contributed by atoms with Crippen molar-refractivity contribution in [3.8, 4) is 0 Å². The van der Waals surface area contributed by atoms with Gasteiger partial charge in [0.25, 0.3) is 5.92 Å². The fraction of sp³-hybridized carbons (Fsp3) is 1.00. The monoisotopic (exact) mass is 535 g/mol. The molecule has 1 fully saturated rings. The van der Waals surface area contributed by atoms with E-state index in [4.69, 9.17) is 0 Å². The van der Waals surface area contributed by atoms with Gasteiger partial charge in [-0.15, -0.1) is 4.90 Å². The maximum atomic E-state index is 13.6. The second-order valence-corrected chi connectivity index (χ2v) is 6.62. The van der Waals surface area contributed by atoms with Gasteiger partial charge in [0, 0.05) is 0 Å². The van der Waals surface area contributed by atoms with Crippen LogP contribution in [0.25, 0.3) is 0 Å². The zero-order valence-electron chi connectivity index (χ0n) is 11.4. The van der Waals surface area contributed by atoms with Gasteiger partial charge in [0.05, 0.1) is 12.8 Å². The summed E-state index contributed by atoms with van der Waals surface area (Å²) in [6.07, 6.45) is -19.7. The Balaban J connectivity index is 3.41.